The number of aryl methyl sites for hydroxylation is 1. The molecule has 3 N–H and O–H groups in total. The summed E-state index contributed by atoms with van der Waals surface area (Å²) in [5.41, 5.74) is 1.19. The van der Waals surface area contributed by atoms with Crippen LogP contribution < -0.4 is 20.7 Å². The summed E-state index contributed by atoms with van der Waals surface area (Å²) in [5.74, 6) is 1.05. The fraction of sp³-hybridized carbons (Fsp3) is 0.312. The Hall–Kier alpha value is -3.03. The molecule has 24 heavy (non-hydrogen) atoms. The van der Waals surface area contributed by atoms with Crippen LogP contribution in [0.4, 0.5) is 17.2 Å². The lowest BCUT2D eigenvalue weighted by atomic mass is 10.2. The van der Waals surface area contributed by atoms with Gasteiger partial charge in [0.1, 0.15) is 17.6 Å². The molecule has 1 heterocycles. The predicted octanol–water partition coefficient (Wildman–Crippen LogP) is 2.39. The Kier molecular flexibility index (Phi) is 5.41. The minimum absolute atomic E-state index is 0.182. The summed E-state index contributed by atoms with van der Waals surface area (Å²) in [6.07, 6.45) is 0. The molecule has 0 saturated heterocycles. The van der Waals surface area contributed by atoms with E-state index in [2.05, 4.69) is 21.1 Å². The number of benzene rings is 1. The summed E-state index contributed by atoms with van der Waals surface area (Å²) < 4.78 is 10.2. The van der Waals surface area contributed by atoms with Gasteiger partial charge in [0.05, 0.1) is 12.8 Å². The number of ether oxygens (including phenoxy) is 1. The van der Waals surface area contributed by atoms with Crippen LogP contribution in [0.2, 0.25) is 0 Å². The van der Waals surface area contributed by atoms with Crippen molar-refractivity contribution in [1.82, 2.24) is 5.16 Å². The van der Waals surface area contributed by atoms with Gasteiger partial charge in [-0.25, -0.2) is 0 Å². The number of rotatable bonds is 6. The smallest absolute Gasteiger partial charge is 0.247 e. The lowest BCUT2D eigenvalue weighted by molar-refractivity contribution is -0.116. The largest absolute Gasteiger partial charge is 0.495 e. The van der Waals surface area contributed by atoms with E-state index in [0.717, 1.165) is 0 Å². The molecule has 0 aliphatic carbocycles. The van der Waals surface area contributed by atoms with Crippen molar-refractivity contribution in [2.24, 2.45) is 0 Å². The van der Waals surface area contributed by atoms with Gasteiger partial charge in [-0.15, -0.1) is 0 Å². The highest BCUT2D eigenvalue weighted by molar-refractivity contribution is 5.96. The molecule has 0 bridgehead atoms. The zero-order chi connectivity index (χ0) is 17.7. The van der Waals surface area contributed by atoms with Gasteiger partial charge < -0.3 is 25.2 Å². The summed E-state index contributed by atoms with van der Waals surface area (Å²) >= 11 is 0. The van der Waals surface area contributed by atoms with Gasteiger partial charge in [0.15, 0.2) is 5.82 Å². The quantitative estimate of drug-likeness (QED) is 0.750. The Balaban J connectivity index is 2.09. The fourth-order valence-electron chi connectivity index (χ4n) is 2.06. The number of hydrogen-bond acceptors (Lipinski definition) is 6. The standard InChI is InChI=1S/C16H20N4O4/c1-9-7-15(20-24-9)19-16(22)10(2)17-13-8-12(18-11(3)21)5-6-14(13)23-4/h5-8,10,17H,1-4H3,(H,18,21)(H,19,20,22)/t10-/m1/s1. The molecular weight excluding hydrogens is 312 g/mol. The summed E-state index contributed by atoms with van der Waals surface area (Å²) in [7, 11) is 1.53. The molecule has 2 rings (SSSR count). The second-order valence-corrected chi connectivity index (χ2v) is 5.27. The Labute approximate surface area is 139 Å². The van der Waals surface area contributed by atoms with Crippen LogP contribution >= 0.6 is 0 Å². The first-order valence-electron chi connectivity index (χ1n) is 7.35. The molecule has 1 aromatic heterocycles. The highest BCUT2D eigenvalue weighted by Crippen LogP contribution is 2.28. The fourth-order valence-corrected chi connectivity index (χ4v) is 2.06. The number of methoxy groups -OCH3 is 1. The summed E-state index contributed by atoms with van der Waals surface area (Å²) in [6, 6.07) is 6.18. The average molecular weight is 332 g/mol. The molecule has 0 saturated carbocycles. The zero-order valence-corrected chi connectivity index (χ0v) is 14.0. The van der Waals surface area contributed by atoms with Crippen molar-refractivity contribution < 1.29 is 18.8 Å². The lowest BCUT2D eigenvalue weighted by Crippen LogP contribution is -2.32. The molecule has 0 aliphatic heterocycles. The summed E-state index contributed by atoms with van der Waals surface area (Å²) in [5, 5.41) is 12.1. The van der Waals surface area contributed by atoms with Crippen molar-refractivity contribution in [2.75, 3.05) is 23.1 Å². The number of hydrogen-bond donors (Lipinski definition) is 3. The normalized spacial score (nSPS) is 11.5. The van der Waals surface area contributed by atoms with Crippen molar-refractivity contribution in [3.05, 3.63) is 30.0 Å². The first kappa shape index (κ1) is 17.3. The van der Waals surface area contributed by atoms with Gasteiger partial charge in [0.2, 0.25) is 11.8 Å². The van der Waals surface area contributed by atoms with Crippen LogP contribution in [0.25, 0.3) is 0 Å². The third kappa shape index (κ3) is 4.48. The number of amides is 2. The molecular formula is C16H20N4O4. The number of carbonyl (C=O) groups is 2. The first-order chi connectivity index (χ1) is 11.4. The summed E-state index contributed by atoms with van der Waals surface area (Å²) in [4.78, 5) is 23.4. The van der Waals surface area contributed by atoms with Gasteiger partial charge in [-0.05, 0) is 32.0 Å². The number of nitrogens with zero attached hydrogens (tertiary/aromatic N) is 1. The van der Waals surface area contributed by atoms with E-state index in [-0.39, 0.29) is 11.8 Å². The van der Waals surface area contributed by atoms with Crippen LogP contribution in [0.5, 0.6) is 5.75 Å². The molecule has 0 radical (unpaired) electrons. The SMILES string of the molecule is COc1ccc(NC(C)=O)cc1N[C@H](C)C(=O)Nc1cc(C)on1. The lowest BCUT2D eigenvalue weighted by Gasteiger charge is -2.17. The van der Waals surface area contributed by atoms with Crippen LogP contribution in [0.3, 0.4) is 0 Å². The van der Waals surface area contributed by atoms with Crippen LogP contribution in [-0.2, 0) is 9.59 Å². The van der Waals surface area contributed by atoms with Crippen molar-refractivity contribution in [3.63, 3.8) is 0 Å². The maximum Gasteiger partial charge on any atom is 0.247 e. The van der Waals surface area contributed by atoms with E-state index in [9.17, 15) is 9.59 Å². The van der Waals surface area contributed by atoms with E-state index < -0.39 is 6.04 Å². The third-order valence-corrected chi connectivity index (χ3v) is 3.16. The Bertz CT molecular complexity index is 741. The van der Waals surface area contributed by atoms with E-state index in [1.54, 1.807) is 38.1 Å². The van der Waals surface area contributed by atoms with E-state index in [1.807, 2.05) is 0 Å². The number of carbonyl (C=O) groups excluding carboxylic acids is 2. The van der Waals surface area contributed by atoms with Crippen molar-refractivity contribution >= 4 is 29.0 Å². The molecule has 1 atom stereocenters. The van der Waals surface area contributed by atoms with Crippen LogP contribution in [-0.4, -0.2) is 30.1 Å². The third-order valence-electron chi connectivity index (χ3n) is 3.16. The molecule has 8 nitrogen and oxygen atoms in total. The van der Waals surface area contributed by atoms with Gasteiger partial charge in [-0.3, -0.25) is 9.59 Å². The maximum absolute atomic E-state index is 12.2. The molecule has 128 valence electrons. The average Bonchev–Trinajstić information content (AvgIpc) is 2.92. The van der Waals surface area contributed by atoms with Crippen molar-refractivity contribution in [3.8, 4) is 5.75 Å². The number of aromatic nitrogens is 1. The van der Waals surface area contributed by atoms with Gasteiger partial charge in [0, 0.05) is 18.7 Å². The predicted molar refractivity (Wildman–Crippen MR) is 90.3 cm³/mol. The van der Waals surface area contributed by atoms with Gasteiger partial charge in [-0.1, -0.05) is 5.16 Å². The number of nitrogens with one attached hydrogen (secondary N) is 3. The van der Waals surface area contributed by atoms with E-state index in [0.29, 0.717) is 28.7 Å². The Morgan fingerprint density at radius 1 is 1.25 bits per heavy atom. The zero-order valence-electron chi connectivity index (χ0n) is 14.0. The van der Waals surface area contributed by atoms with E-state index >= 15 is 0 Å². The minimum atomic E-state index is -0.566. The minimum Gasteiger partial charge on any atom is -0.495 e. The number of anilines is 3. The molecule has 0 spiro atoms. The Morgan fingerprint density at radius 2 is 2.00 bits per heavy atom. The molecule has 8 heteroatoms. The highest BCUT2D eigenvalue weighted by atomic mass is 16.5. The van der Waals surface area contributed by atoms with E-state index in [1.165, 1.54) is 14.0 Å². The molecule has 1 aromatic carbocycles. The van der Waals surface area contributed by atoms with Gasteiger partial charge in [-0.2, -0.15) is 0 Å². The van der Waals surface area contributed by atoms with Crippen LogP contribution in [0, 0.1) is 6.92 Å². The monoisotopic (exact) mass is 332 g/mol. The molecule has 0 fully saturated rings. The van der Waals surface area contributed by atoms with Crippen LogP contribution in [0.1, 0.15) is 19.6 Å². The first-order valence-corrected chi connectivity index (χ1v) is 7.35. The molecule has 0 aliphatic rings. The maximum atomic E-state index is 12.2. The van der Waals surface area contributed by atoms with Crippen molar-refractivity contribution in [1.29, 1.82) is 0 Å². The van der Waals surface area contributed by atoms with Gasteiger partial charge >= 0.3 is 0 Å². The summed E-state index contributed by atoms with van der Waals surface area (Å²) in [6.45, 7) is 4.86. The Morgan fingerprint density at radius 3 is 2.58 bits per heavy atom. The molecule has 0 unspecified atom stereocenters. The van der Waals surface area contributed by atoms with Crippen LogP contribution in [0.15, 0.2) is 28.8 Å². The molecule has 2 aromatic rings. The second-order valence-electron chi connectivity index (χ2n) is 5.27. The van der Waals surface area contributed by atoms with Gasteiger partial charge in [0.25, 0.3) is 0 Å². The second kappa shape index (κ2) is 7.49. The molecule has 2 amide bonds. The highest BCUT2D eigenvalue weighted by Gasteiger charge is 2.17. The topological polar surface area (TPSA) is 105 Å². The van der Waals surface area contributed by atoms with E-state index in [4.69, 9.17) is 9.26 Å². The van der Waals surface area contributed by atoms with Crippen molar-refractivity contribution in [2.45, 2.75) is 26.8 Å².